The second-order valence-electron chi connectivity index (χ2n) is 7.17. The second kappa shape index (κ2) is 7.79. The molecule has 1 aromatic heterocycles. The zero-order valence-corrected chi connectivity index (χ0v) is 15.0. The molecule has 0 saturated carbocycles. The van der Waals surface area contributed by atoms with Gasteiger partial charge in [-0.1, -0.05) is 48.9 Å². The molecular formula is C23H26N2O. The molecule has 4 rings (SSSR count). The van der Waals surface area contributed by atoms with Gasteiger partial charge in [0.15, 0.2) is 0 Å². The molecule has 26 heavy (non-hydrogen) atoms. The van der Waals surface area contributed by atoms with Gasteiger partial charge in [-0.3, -0.25) is 0 Å². The quantitative estimate of drug-likeness (QED) is 0.439. The fourth-order valence-corrected chi connectivity index (χ4v) is 4.07. The molecule has 3 N–H and O–H groups in total. The lowest BCUT2D eigenvalue weighted by atomic mass is 9.86. The number of phenolic OH excluding ortho intramolecular Hbond substituents is 1. The van der Waals surface area contributed by atoms with Crippen LogP contribution >= 0.6 is 0 Å². The predicted octanol–water partition coefficient (Wildman–Crippen LogP) is 4.90. The summed E-state index contributed by atoms with van der Waals surface area (Å²) in [7, 11) is 0. The molecule has 134 valence electrons. The Hall–Kier alpha value is -2.52. The number of H-pyrrole nitrogens is 1. The van der Waals surface area contributed by atoms with Crippen LogP contribution in [0.4, 0.5) is 0 Å². The Morgan fingerprint density at radius 1 is 1.04 bits per heavy atom. The fraction of sp³-hybridized carbons (Fsp3) is 0.304. The summed E-state index contributed by atoms with van der Waals surface area (Å²) in [5.41, 5.74) is 3.84. The van der Waals surface area contributed by atoms with Crippen molar-refractivity contribution in [1.29, 1.82) is 0 Å². The Morgan fingerprint density at radius 2 is 1.96 bits per heavy atom. The highest BCUT2D eigenvalue weighted by molar-refractivity contribution is 5.82. The maximum absolute atomic E-state index is 9.79. The van der Waals surface area contributed by atoms with Crippen molar-refractivity contribution in [3.05, 3.63) is 78.0 Å². The summed E-state index contributed by atoms with van der Waals surface area (Å²) in [6.45, 7) is 0.933. The van der Waals surface area contributed by atoms with Gasteiger partial charge in [-0.25, -0.2) is 0 Å². The zero-order chi connectivity index (χ0) is 17.8. The molecule has 3 heteroatoms. The maximum atomic E-state index is 9.79. The van der Waals surface area contributed by atoms with Gasteiger partial charge in [0.1, 0.15) is 5.75 Å². The first-order valence-electron chi connectivity index (χ1n) is 9.55. The highest BCUT2D eigenvalue weighted by Gasteiger charge is 2.22. The van der Waals surface area contributed by atoms with E-state index in [1.165, 1.54) is 34.9 Å². The number of aromatic amines is 1. The summed E-state index contributed by atoms with van der Waals surface area (Å²) in [5.74, 6) is 0.684. The second-order valence-corrected chi connectivity index (χ2v) is 7.17. The normalized spacial score (nSPS) is 19.8. The minimum absolute atomic E-state index is 0.337. The Morgan fingerprint density at radius 3 is 2.88 bits per heavy atom. The molecule has 0 spiro atoms. The van der Waals surface area contributed by atoms with Gasteiger partial charge in [-0.2, -0.15) is 0 Å². The maximum Gasteiger partial charge on any atom is 0.115 e. The van der Waals surface area contributed by atoms with Gasteiger partial charge in [0.25, 0.3) is 0 Å². The number of nitrogens with one attached hydrogen (secondary N) is 2. The van der Waals surface area contributed by atoms with Crippen LogP contribution in [-0.4, -0.2) is 22.7 Å². The third kappa shape index (κ3) is 3.68. The molecule has 1 aliphatic rings. The Labute approximate surface area is 154 Å². The van der Waals surface area contributed by atoms with E-state index in [2.05, 4.69) is 59.0 Å². The SMILES string of the molecule is Oc1cccc(C2C=CCNC2CCCCc2c[nH]c3ccccc23)c1. The molecule has 2 unspecified atom stereocenters. The lowest BCUT2D eigenvalue weighted by Gasteiger charge is -2.29. The number of fused-ring (bicyclic) bond motifs is 1. The van der Waals surface area contributed by atoms with Crippen molar-refractivity contribution in [2.75, 3.05) is 6.54 Å². The van der Waals surface area contributed by atoms with E-state index in [0.717, 1.165) is 19.4 Å². The van der Waals surface area contributed by atoms with Crippen molar-refractivity contribution < 1.29 is 5.11 Å². The van der Waals surface area contributed by atoms with E-state index in [9.17, 15) is 5.11 Å². The number of aromatic nitrogens is 1. The molecule has 2 heterocycles. The van der Waals surface area contributed by atoms with Crippen LogP contribution in [0.2, 0.25) is 0 Å². The van der Waals surface area contributed by atoms with Crippen LogP contribution in [0.3, 0.4) is 0 Å². The van der Waals surface area contributed by atoms with Gasteiger partial charge in [-0.15, -0.1) is 0 Å². The number of rotatable bonds is 6. The molecule has 0 radical (unpaired) electrons. The van der Waals surface area contributed by atoms with E-state index in [-0.39, 0.29) is 0 Å². The molecule has 3 aromatic rings. The van der Waals surface area contributed by atoms with Crippen LogP contribution in [-0.2, 0) is 6.42 Å². The van der Waals surface area contributed by atoms with Gasteiger partial charge in [0, 0.05) is 35.6 Å². The topological polar surface area (TPSA) is 48.0 Å². The summed E-state index contributed by atoms with van der Waals surface area (Å²) in [4.78, 5) is 3.37. The lowest BCUT2D eigenvalue weighted by Crippen LogP contribution is -2.37. The lowest BCUT2D eigenvalue weighted by molar-refractivity contribution is 0.430. The number of benzene rings is 2. The Bertz CT molecular complexity index is 896. The zero-order valence-electron chi connectivity index (χ0n) is 15.0. The van der Waals surface area contributed by atoms with Crippen molar-refractivity contribution in [1.82, 2.24) is 10.3 Å². The number of unbranched alkanes of at least 4 members (excludes halogenated alkanes) is 1. The molecular weight excluding hydrogens is 320 g/mol. The van der Waals surface area contributed by atoms with Crippen LogP contribution in [0.25, 0.3) is 10.9 Å². The third-order valence-corrected chi connectivity index (χ3v) is 5.42. The monoisotopic (exact) mass is 346 g/mol. The van der Waals surface area contributed by atoms with Crippen LogP contribution in [0.5, 0.6) is 5.75 Å². The van der Waals surface area contributed by atoms with Gasteiger partial charge in [0.05, 0.1) is 0 Å². The summed E-state index contributed by atoms with van der Waals surface area (Å²) >= 11 is 0. The summed E-state index contributed by atoms with van der Waals surface area (Å²) in [6.07, 6.45) is 11.3. The number of hydrogen-bond acceptors (Lipinski definition) is 2. The summed E-state index contributed by atoms with van der Waals surface area (Å²) in [5, 5.41) is 14.8. The number of para-hydroxylation sites is 1. The van der Waals surface area contributed by atoms with Crippen molar-refractivity contribution in [2.24, 2.45) is 0 Å². The number of phenols is 1. The van der Waals surface area contributed by atoms with E-state index >= 15 is 0 Å². The van der Waals surface area contributed by atoms with Crippen LogP contribution in [0.1, 0.15) is 36.3 Å². The molecule has 0 fully saturated rings. The first kappa shape index (κ1) is 16.9. The first-order chi connectivity index (χ1) is 12.8. The van der Waals surface area contributed by atoms with E-state index in [1.807, 2.05) is 12.1 Å². The van der Waals surface area contributed by atoms with Crippen molar-refractivity contribution in [3.63, 3.8) is 0 Å². The Balaban J connectivity index is 1.35. The average molecular weight is 346 g/mol. The average Bonchev–Trinajstić information content (AvgIpc) is 3.09. The molecule has 0 amide bonds. The van der Waals surface area contributed by atoms with Crippen LogP contribution in [0, 0.1) is 0 Å². The van der Waals surface area contributed by atoms with Crippen molar-refractivity contribution in [2.45, 2.75) is 37.6 Å². The van der Waals surface area contributed by atoms with E-state index in [1.54, 1.807) is 6.07 Å². The molecule has 0 saturated heterocycles. The largest absolute Gasteiger partial charge is 0.508 e. The first-order valence-corrected chi connectivity index (χ1v) is 9.55. The predicted molar refractivity (Wildman–Crippen MR) is 108 cm³/mol. The minimum atomic E-state index is 0.337. The number of hydrogen-bond donors (Lipinski definition) is 3. The molecule has 2 atom stereocenters. The van der Waals surface area contributed by atoms with Gasteiger partial charge in [0.2, 0.25) is 0 Å². The smallest absolute Gasteiger partial charge is 0.115 e. The molecule has 3 nitrogen and oxygen atoms in total. The van der Waals surface area contributed by atoms with Gasteiger partial charge in [-0.05, 0) is 48.6 Å². The Kier molecular flexibility index (Phi) is 5.07. The number of aromatic hydroxyl groups is 1. The fourth-order valence-electron chi connectivity index (χ4n) is 4.07. The van der Waals surface area contributed by atoms with E-state index in [0.29, 0.717) is 17.7 Å². The van der Waals surface area contributed by atoms with E-state index in [4.69, 9.17) is 0 Å². The standard InChI is InChI=1S/C23H26N2O/c26-19-9-5-8-17(15-19)20-11-6-14-24-22(20)12-3-1-7-18-16-25-23-13-4-2-10-21(18)23/h2,4-6,8-11,13,15-16,20,22,24-26H,1,3,7,12,14H2. The van der Waals surface area contributed by atoms with Crippen LogP contribution < -0.4 is 5.32 Å². The summed E-state index contributed by atoms with van der Waals surface area (Å²) in [6, 6.07) is 16.6. The highest BCUT2D eigenvalue weighted by Crippen LogP contribution is 2.29. The van der Waals surface area contributed by atoms with Crippen molar-refractivity contribution >= 4 is 10.9 Å². The van der Waals surface area contributed by atoms with Crippen molar-refractivity contribution in [3.8, 4) is 5.75 Å². The minimum Gasteiger partial charge on any atom is -0.508 e. The molecule has 0 aliphatic carbocycles. The highest BCUT2D eigenvalue weighted by atomic mass is 16.3. The van der Waals surface area contributed by atoms with E-state index < -0.39 is 0 Å². The van der Waals surface area contributed by atoms with Gasteiger partial charge < -0.3 is 15.4 Å². The third-order valence-electron chi connectivity index (χ3n) is 5.42. The number of aryl methyl sites for hydroxylation is 1. The molecule has 2 aromatic carbocycles. The summed E-state index contributed by atoms with van der Waals surface area (Å²) < 4.78 is 0. The van der Waals surface area contributed by atoms with Gasteiger partial charge >= 0.3 is 0 Å². The van der Waals surface area contributed by atoms with Crippen LogP contribution in [0.15, 0.2) is 66.9 Å². The molecule has 0 bridgehead atoms. The molecule has 1 aliphatic heterocycles.